The molecule has 5 nitrogen and oxygen atoms in total. The van der Waals surface area contributed by atoms with Gasteiger partial charge in [0.05, 0.1) is 6.61 Å². The fraction of sp³-hybridized carbons (Fsp3) is 0.650. The minimum absolute atomic E-state index is 0. The Morgan fingerprint density at radius 1 is 1.26 bits per heavy atom. The third kappa shape index (κ3) is 8.21. The second-order valence-corrected chi connectivity index (χ2v) is 7.19. The third-order valence-electron chi connectivity index (χ3n) is 4.31. The molecule has 0 spiro atoms. The van der Waals surface area contributed by atoms with Gasteiger partial charge in [-0.15, -0.1) is 24.0 Å². The van der Waals surface area contributed by atoms with Crippen molar-refractivity contribution in [2.24, 2.45) is 10.9 Å². The summed E-state index contributed by atoms with van der Waals surface area (Å²) < 4.78 is 24.6. The minimum atomic E-state index is -0.260. The molecule has 0 amide bonds. The lowest BCUT2D eigenvalue weighted by Crippen LogP contribution is -2.42. The van der Waals surface area contributed by atoms with E-state index in [9.17, 15) is 4.39 Å². The second kappa shape index (κ2) is 12.4. The molecule has 7 heteroatoms. The van der Waals surface area contributed by atoms with E-state index in [0.717, 1.165) is 35.8 Å². The molecule has 1 heterocycles. The maximum Gasteiger partial charge on any atom is 0.191 e. The molecule has 0 saturated carbocycles. The predicted octanol–water partition coefficient (Wildman–Crippen LogP) is 4.23. The van der Waals surface area contributed by atoms with Gasteiger partial charge in [-0.25, -0.2) is 4.39 Å². The molecule has 0 fully saturated rings. The van der Waals surface area contributed by atoms with E-state index in [1.165, 1.54) is 18.6 Å². The fourth-order valence-corrected chi connectivity index (χ4v) is 2.94. The zero-order valence-corrected chi connectivity index (χ0v) is 19.1. The Morgan fingerprint density at radius 3 is 2.74 bits per heavy atom. The van der Waals surface area contributed by atoms with Crippen molar-refractivity contribution in [3.63, 3.8) is 0 Å². The average Bonchev–Trinajstić information content (AvgIpc) is 2.60. The predicted molar refractivity (Wildman–Crippen MR) is 118 cm³/mol. The van der Waals surface area contributed by atoms with Crippen LogP contribution in [-0.2, 0) is 17.8 Å². The standard InChI is InChI=1S/C20H32FN3O2.HI/c1-5-22-20(24-15(4)7-6-14(2)3)23-9-8-16-10-18(21)11-17-12-25-13-26-19(16)17;/h10-11,14-15H,5-9,12-13H2,1-4H3,(H2,22,23,24);1H. The van der Waals surface area contributed by atoms with Gasteiger partial charge in [0.15, 0.2) is 12.8 Å². The summed E-state index contributed by atoms with van der Waals surface area (Å²) in [6, 6.07) is 3.37. The van der Waals surface area contributed by atoms with Crippen molar-refractivity contribution >= 4 is 29.9 Å². The number of nitrogens with zero attached hydrogens (tertiary/aromatic N) is 1. The number of ether oxygens (including phenoxy) is 2. The van der Waals surface area contributed by atoms with Gasteiger partial charge in [-0.1, -0.05) is 13.8 Å². The fourth-order valence-electron chi connectivity index (χ4n) is 2.94. The van der Waals surface area contributed by atoms with Crippen LogP contribution in [0.4, 0.5) is 4.39 Å². The second-order valence-electron chi connectivity index (χ2n) is 7.19. The van der Waals surface area contributed by atoms with E-state index in [-0.39, 0.29) is 36.6 Å². The molecule has 0 bridgehead atoms. The highest BCUT2D eigenvalue weighted by Crippen LogP contribution is 2.29. The molecule has 0 aliphatic carbocycles. The van der Waals surface area contributed by atoms with Crippen LogP contribution in [0.5, 0.6) is 5.75 Å². The Balaban J connectivity index is 0.00000364. The van der Waals surface area contributed by atoms with Crippen LogP contribution < -0.4 is 15.4 Å². The van der Waals surface area contributed by atoms with Crippen LogP contribution in [0.15, 0.2) is 17.1 Å². The molecule has 27 heavy (non-hydrogen) atoms. The van der Waals surface area contributed by atoms with E-state index < -0.39 is 0 Å². The van der Waals surface area contributed by atoms with Crippen molar-refractivity contribution in [1.82, 2.24) is 10.6 Å². The quantitative estimate of drug-likeness (QED) is 0.324. The van der Waals surface area contributed by atoms with Crippen LogP contribution in [0.2, 0.25) is 0 Å². The molecule has 2 rings (SSSR count). The van der Waals surface area contributed by atoms with Gasteiger partial charge in [0.1, 0.15) is 11.6 Å². The topological polar surface area (TPSA) is 54.9 Å². The van der Waals surface area contributed by atoms with Gasteiger partial charge >= 0.3 is 0 Å². The van der Waals surface area contributed by atoms with Gasteiger partial charge < -0.3 is 20.1 Å². The first-order chi connectivity index (χ1) is 12.5. The SMILES string of the molecule is CCNC(=NCCc1cc(F)cc2c1OCOC2)NC(C)CCC(C)C.I. The van der Waals surface area contributed by atoms with Gasteiger partial charge in [0.2, 0.25) is 0 Å². The number of aliphatic imine (C=N–C) groups is 1. The molecule has 2 N–H and O–H groups in total. The highest BCUT2D eigenvalue weighted by Gasteiger charge is 2.16. The first-order valence-corrected chi connectivity index (χ1v) is 9.56. The molecular formula is C20H33FIN3O2. The van der Waals surface area contributed by atoms with Crippen LogP contribution in [0.1, 0.15) is 51.7 Å². The number of guanidine groups is 1. The zero-order chi connectivity index (χ0) is 18.9. The summed E-state index contributed by atoms with van der Waals surface area (Å²) in [5.74, 6) is 1.99. The van der Waals surface area contributed by atoms with E-state index in [4.69, 9.17) is 9.47 Å². The van der Waals surface area contributed by atoms with E-state index in [0.29, 0.717) is 31.5 Å². The van der Waals surface area contributed by atoms with E-state index in [1.807, 2.05) is 6.92 Å². The van der Waals surface area contributed by atoms with Crippen molar-refractivity contribution < 1.29 is 13.9 Å². The number of hydrogen-bond acceptors (Lipinski definition) is 3. The van der Waals surface area contributed by atoms with Crippen molar-refractivity contribution in [3.05, 3.63) is 29.1 Å². The minimum Gasteiger partial charge on any atom is -0.467 e. The molecule has 1 aliphatic rings. The normalized spacial score (nSPS) is 14.8. The molecule has 1 atom stereocenters. The maximum atomic E-state index is 13.8. The number of nitrogens with one attached hydrogen (secondary N) is 2. The molecule has 1 aromatic rings. The van der Waals surface area contributed by atoms with Gasteiger partial charge in [0, 0.05) is 24.7 Å². The molecule has 1 unspecified atom stereocenters. The monoisotopic (exact) mass is 493 g/mol. The molecule has 154 valence electrons. The largest absolute Gasteiger partial charge is 0.467 e. The number of halogens is 2. The third-order valence-corrected chi connectivity index (χ3v) is 4.31. The van der Waals surface area contributed by atoms with E-state index in [2.05, 4.69) is 36.4 Å². The Bertz CT molecular complexity index is 611. The summed E-state index contributed by atoms with van der Waals surface area (Å²) in [6.07, 6.45) is 2.91. The summed E-state index contributed by atoms with van der Waals surface area (Å²) in [7, 11) is 0. The Hall–Kier alpha value is -1.09. The van der Waals surface area contributed by atoms with Crippen molar-refractivity contribution in [2.45, 2.75) is 59.6 Å². The number of rotatable bonds is 8. The molecule has 0 aromatic heterocycles. The van der Waals surface area contributed by atoms with Crippen molar-refractivity contribution in [3.8, 4) is 5.75 Å². The lowest BCUT2D eigenvalue weighted by atomic mass is 10.0. The molecular weight excluding hydrogens is 460 g/mol. The van der Waals surface area contributed by atoms with Gasteiger partial charge in [-0.2, -0.15) is 0 Å². The van der Waals surface area contributed by atoms with Crippen molar-refractivity contribution in [1.29, 1.82) is 0 Å². The maximum absolute atomic E-state index is 13.8. The Morgan fingerprint density at radius 2 is 2.04 bits per heavy atom. The molecule has 0 saturated heterocycles. The average molecular weight is 493 g/mol. The Labute approximate surface area is 179 Å². The summed E-state index contributed by atoms with van der Waals surface area (Å²) in [5.41, 5.74) is 1.61. The van der Waals surface area contributed by atoms with Gasteiger partial charge in [-0.05, 0) is 56.7 Å². The summed E-state index contributed by atoms with van der Waals surface area (Å²) in [5, 5.41) is 6.72. The number of benzene rings is 1. The first-order valence-electron chi connectivity index (χ1n) is 9.56. The van der Waals surface area contributed by atoms with Crippen LogP contribution in [-0.4, -0.2) is 31.9 Å². The summed E-state index contributed by atoms with van der Waals surface area (Å²) >= 11 is 0. The van der Waals surface area contributed by atoms with Crippen LogP contribution in [0.25, 0.3) is 0 Å². The summed E-state index contributed by atoms with van der Waals surface area (Å²) in [6.45, 7) is 10.7. The van der Waals surface area contributed by atoms with Crippen LogP contribution in [0.3, 0.4) is 0 Å². The lowest BCUT2D eigenvalue weighted by Gasteiger charge is -2.21. The lowest BCUT2D eigenvalue weighted by molar-refractivity contribution is -0.0172. The highest BCUT2D eigenvalue weighted by atomic mass is 127. The van der Waals surface area contributed by atoms with Gasteiger partial charge in [0.25, 0.3) is 0 Å². The van der Waals surface area contributed by atoms with Crippen LogP contribution in [0, 0.1) is 11.7 Å². The molecule has 0 radical (unpaired) electrons. The van der Waals surface area contributed by atoms with E-state index >= 15 is 0 Å². The Kier molecular flexibility index (Phi) is 11.0. The van der Waals surface area contributed by atoms with E-state index in [1.54, 1.807) is 0 Å². The van der Waals surface area contributed by atoms with Crippen LogP contribution >= 0.6 is 24.0 Å². The molecule has 1 aliphatic heterocycles. The first kappa shape index (κ1) is 23.9. The highest BCUT2D eigenvalue weighted by molar-refractivity contribution is 14.0. The zero-order valence-electron chi connectivity index (χ0n) is 16.8. The number of hydrogen-bond donors (Lipinski definition) is 2. The summed E-state index contributed by atoms with van der Waals surface area (Å²) in [4.78, 5) is 4.64. The van der Waals surface area contributed by atoms with Crippen molar-refractivity contribution in [2.75, 3.05) is 19.9 Å². The number of fused-ring (bicyclic) bond motifs is 1. The van der Waals surface area contributed by atoms with Gasteiger partial charge in [-0.3, -0.25) is 4.99 Å². The smallest absolute Gasteiger partial charge is 0.191 e. The molecule has 1 aromatic carbocycles.